The van der Waals surface area contributed by atoms with Gasteiger partial charge in [0.25, 0.3) is 0 Å². The molecule has 0 saturated heterocycles. The fraction of sp³-hybridized carbons (Fsp3) is 0.429. The van der Waals surface area contributed by atoms with Gasteiger partial charge in [-0.2, -0.15) is 0 Å². The van der Waals surface area contributed by atoms with Crippen LogP contribution >= 0.6 is 0 Å². The maximum absolute atomic E-state index is 9.81. The van der Waals surface area contributed by atoms with Crippen molar-refractivity contribution in [3.8, 4) is 0 Å². The van der Waals surface area contributed by atoms with Crippen LogP contribution in [0.5, 0.6) is 0 Å². The number of rotatable bonds is 6. The summed E-state index contributed by atoms with van der Waals surface area (Å²) in [6.45, 7) is 1.70. The number of hydrogen-bond donors (Lipinski definition) is 4. The third kappa shape index (κ3) is 4.23. The summed E-state index contributed by atoms with van der Waals surface area (Å²) in [5.41, 5.74) is 0.858. The van der Waals surface area contributed by atoms with Crippen molar-refractivity contribution in [1.82, 2.24) is 0 Å². The molecule has 4 N–H and O–H groups in total. The molecule has 100 valence electrons. The Hall–Kier alpha value is -1.20. The molecule has 0 aliphatic rings. The Kier molecular flexibility index (Phi) is 6.01. The van der Waals surface area contributed by atoms with Crippen molar-refractivity contribution in [3.63, 3.8) is 0 Å². The van der Waals surface area contributed by atoms with E-state index in [-0.39, 0.29) is 6.42 Å². The molecule has 4 nitrogen and oxygen atoms in total. The highest BCUT2D eigenvalue weighted by atomic mass is 16.4. The molecule has 0 aliphatic carbocycles. The molecule has 4 unspecified atom stereocenters. The standard InChI is InChI=1S/C14H20O4/c1-2-6-11(15)13(17)14(18)12(16)9-10-7-4-3-5-8-10/h2-8,11-18H,9H2,1H3. The summed E-state index contributed by atoms with van der Waals surface area (Å²) in [5, 5.41) is 38.7. The van der Waals surface area contributed by atoms with Crippen molar-refractivity contribution in [1.29, 1.82) is 0 Å². The third-order valence-corrected chi connectivity index (χ3v) is 2.77. The van der Waals surface area contributed by atoms with Crippen molar-refractivity contribution in [2.75, 3.05) is 0 Å². The smallest absolute Gasteiger partial charge is 0.112 e. The maximum Gasteiger partial charge on any atom is 0.112 e. The highest BCUT2D eigenvalue weighted by Gasteiger charge is 2.28. The van der Waals surface area contributed by atoms with E-state index in [1.807, 2.05) is 30.3 Å². The predicted molar refractivity (Wildman–Crippen MR) is 69.0 cm³/mol. The van der Waals surface area contributed by atoms with Crippen LogP contribution in [0.1, 0.15) is 12.5 Å². The van der Waals surface area contributed by atoms with Crippen LogP contribution in [0, 0.1) is 0 Å². The van der Waals surface area contributed by atoms with Gasteiger partial charge in [0.15, 0.2) is 0 Å². The van der Waals surface area contributed by atoms with Gasteiger partial charge in [0, 0.05) is 6.42 Å². The zero-order chi connectivity index (χ0) is 13.5. The Morgan fingerprint density at radius 1 is 1.00 bits per heavy atom. The third-order valence-electron chi connectivity index (χ3n) is 2.77. The van der Waals surface area contributed by atoms with E-state index in [2.05, 4.69) is 0 Å². The van der Waals surface area contributed by atoms with Crippen LogP contribution in [0.15, 0.2) is 42.5 Å². The van der Waals surface area contributed by atoms with Gasteiger partial charge in [-0.1, -0.05) is 42.5 Å². The highest BCUT2D eigenvalue weighted by molar-refractivity contribution is 5.16. The van der Waals surface area contributed by atoms with Gasteiger partial charge in [-0.05, 0) is 12.5 Å². The molecule has 0 heterocycles. The Balaban J connectivity index is 2.58. The summed E-state index contributed by atoms with van der Waals surface area (Å²) in [6, 6.07) is 9.17. The minimum atomic E-state index is -1.40. The quantitative estimate of drug-likeness (QED) is 0.547. The topological polar surface area (TPSA) is 80.9 Å². The summed E-state index contributed by atoms with van der Waals surface area (Å²) < 4.78 is 0. The summed E-state index contributed by atoms with van der Waals surface area (Å²) in [4.78, 5) is 0. The second kappa shape index (κ2) is 7.28. The lowest BCUT2D eigenvalue weighted by Crippen LogP contribution is -2.44. The summed E-state index contributed by atoms with van der Waals surface area (Å²) >= 11 is 0. The molecule has 0 saturated carbocycles. The van der Waals surface area contributed by atoms with E-state index >= 15 is 0 Å². The fourth-order valence-corrected chi connectivity index (χ4v) is 1.72. The molecule has 0 bridgehead atoms. The molecule has 0 amide bonds. The Bertz CT molecular complexity index is 363. The first-order chi connectivity index (χ1) is 8.56. The van der Waals surface area contributed by atoms with E-state index in [1.165, 1.54) is 6.08 Å². The fourth-order valence-electron chi connectivity index (χ4n) is 1.72. The second-order valence-electron chi connectivity index (χ2n) is 4.25. The van der Waals surface area contributed by atoms with E-state index in [0.29, 0.717) is 0 Å². The van der Waals surface area contributed by atoms with E-state index < -0.39 is 24.4 Å². The van der Waals surface area contributed by atoms with Gasteiger partial charge in [0.1, 0.15) is 18.3 Å². The molecule has 0 radical (unpaired) electrons. The van der Waals surface area contributed by atoms with Crippen LogP contribution in [-0.4, -0.2) is 44.8 Å². The van der Waals surface area contributed by atoms with Crippen LogP contribution in [-0.2, 0) is 6.42 Å². The Labute approximate surface area is 107 Å². The highest BCUT2D eigenvalue weighted by Crippen LogP contribution is 2.11. The number of aliphatic hydroxyl groups excluding tert-OH is 4. The van der Waals surface area contributed by atoms with E-state index in [1.54, 1.807) is 13.0 Å². The minimum absolute atomic E-state index is 0.224. The zero-order valence-electron chi connectivity index (χ0n) is 10.3. The van der Waals surface area contributed by atoms with Crippen molar-refractivity contribution in [3.05, 3.63) is 48.0 Å². The molecule has 0 spiro atoms. The van der Waals surface area contributed by atoms with Gasteiger partial charge in [-0.15, -0.1) is 0 Å². The maximum atomic E-state index is 9.81. The molecule has 18 heavy (non-hydrogen) atoms. The number of allylic oxidation sites excluding steroid dienone is 1. The zero-order valence-corrected chi connectivity index (χ0v) is 10.3. The van der Waals surface area contributed by atoms with E-state index in [4.69, 9.17) is 0 Å². The van der Waals surface area contributed by atoms with Gasteiger partial charge in [-0.25, -0.2) is 0 Å². The van der Waals surface area contributed by atoms with Crippen LogP contribution < -0.4 is 0 Å². The Morgan fingerprint density at radius 2 is 1.61 bits per heavy atom. The first kappa shape index (κ1) is 14.9. The van der Waals surface area contributed by atoms with E-state index in [0.717, 1.165) is 5.56 Å². The molecule has 0 aliphatic heterocycles. The van der Waals surface area contributed by atoms with Gasteiger partial charge >= 0.3 is 0 Å². The first-order valence-electron chi connectivity index (χ1n) is 5.95. The number of benzene rings is 1. The number of hydrogen-bond acceptors (Lipinski definition) is 4. The molecule has 1 aromatic rings. The lowest BCUT2D eigenvalue weighted by molar-refractivity contribution is -0.0924. The summed E-state index contributed by atoms with van der Waals surface area (Å²) in [5.74, 6) is 0. The summed E-state index contributed by atoms with van der Waals surface area (Å²) in [7, 11) is 0. The molecule has 4 heteroatoms. The van der Waals surface area contributed by atoms with Crippen LogP contribution in [0.4, 0.5) is 0 Å². The van der Waals surface area contributed by atoms with Crippen molar-refractivity contribution in [2.45, 2.75) is 37.8 Å². The van der Waals surface area contributed by atoms with Gasteiger partial charge < -0.3 is 20.4 Å². The number of aliphatic hydroxyl groups is 4. The van der Waals surface area contributed by atoms with Crippen molar-refractivity contribution < 1.29 is 20.4 Å². The SMILES string of the molecule is CC=CC(O)C(O)C(O)C(O)Cc1ccccc1. The van der Waals surface area contributed by atoms with E-state index in [9.17, 15) is 20.4 Å². The molecular formula is C14H20O4. The van der Waals surface area contributed by atoms with Gasteiger partial charge in [-0.3, -0.25) is 0 Å². The van der Waals surface area contributed by atoms with Gasteiger partial charge in [0.05, 0.1) is 6.10 Å². The monoisotopic (exact) mass is 252 g/mol. The lowest BCUT2D eigenvalue weighted by atomic mass is 9.97. The van der Waals surface area contributed by atoms with Crippen molar-refractivity contribution in [2.24, 2.45) is 0 Å². The minimum Gasteiger partial charge on any atom is -0.390 e. The average molecular weight is 252 g/mol. The molecule has 1 aromatic carbocycles. The summed E-state index contributed by atoms with van der Waals surface area (Å²) in [6.07, 6.45) is -1.94. The molecule has 0 fully saturated rings. The normalized spacial score (nSPS) is 18.5. The second-order valence-corrected chi connectivity index (χ2v) is 4.25. The Morgan fingerprint density at radius 3 is 2.17 bits per heavy atom. The van der Waals surface area contributed by atoms with Crippen LogP contribution in [0.3, 0.4) is 0 Å². The van der Waals surface area contributed by atoms with Crippen LogP contribution in [0.2, 0.25) is 0 Å². The molecule has 4 atom stereocenters. The molecule has 1 rings (SSSR count). The predicted octanol–water partition coefficient (Wildman–Crippen LogP) is 0.249. The van der Waals surface area contributed by atoms with Crippen molar-refractivity contribution >= 4 is 0 Å². The average Bonchev–Trinajstić information content (AvgIpc) is 2.38. The van der Waals surface area contributed by atoms with Crippen LogP contribution in [0.25, 0.3) is 0 Å². The first-order valence-corrected chi connectivity index (χ1v) is 5.95. The van der Waals surface area contributed by atoms with Gasteiger partial charge in [0.2, 0.25) is 0 Å². The molecule has 0 aromatic heterocycles. The lowest BCUT2D eigenvalue weighted by Gasteiger charge is -2.25. The molecular weight excluding hydrogens is 232 g/mol. The largest absolute Gasteiger partial charge is 0.390 e.